The summed E-state index contributed by atoms with van der Waals surface area (Å²) in [5.74, 6) is -0.938. The monoisotopic (exact) mass is 711 g/mol. The fraction of sp³-hybridized carbons (Fsp3) is 0.278. The molecule has 1 saturated carbocycles. The van der Waals surface area contributed by atoms with Crippen molar-refractivity contribution in [3.63, 3.8) is 0 Å². The molecule has 0 aliphatic heterocycles. The lowest BCUT2D eigenvalue weighted by Gasteiger charge is -2.34. The Morgan fingerprint density at radius 1 is 0.851 bits per heavy atom. The first kappa shape index (κ1) is 34.8. The number of anilines is 1. The van der Waals surface area contributed by atoms with Crippen LogP contribution in [0.2, 0.25) is 15.1 Å². The lowest BCUT2D eigenvalue weighted by molar-refractivity contribution is -0.140. The van der Waals surface area contributed by atoms with E-state index in [4.69, 9.17) is 34.8 Å². The number of nitrogens with zero attached hydrogens (tertiary/aromatic N) is 2. The Labute approximate surface area is 291 Å². The Balaban J connectivity index is 1.59. The first-order chi connectivity index (χ1) is 22.5. The average Bonchev–Trinajstić information content (AvgIpc) is 3.56. The number of amides is 2. The summed E-state index contributed by atoms with van der Waals surface area (Å²) in [6.07, 6.45) is 3.92. The van der Waals surface area contributed by atoms with Crippen LogP contribution in [0.3, 0.4) is 0 Å². The number of halogens is 3. The topological polar surface area (TPSA) is 86.8 Å². The summed E-state index contributed by atoms with van der Waals surface area (Å²) >= 11 is 19.5. The van der Waals surface area contributed by atoms with Crippen LogP contribution in [-0.2, 0) is 32.6 Å². The van der Waals surface area contributed by atoms with E-state index in [1.54, 1.807) is 48.5 Å². The largest absolute Gasteiger partial charge is 0.352 e. The minimum absolute atomic E-state index is 0.00787. The van der Waals surface area contributed by atoms with E-state index < -0.39 is 28.5 Å². The van der Waals surface area contributed by atoms with E-state index in [0.29, 0.717) is 20.6 Å². The van der Waals surface area contributed by atoms with E-state index in [1.165, 1.54) is 23.1 Å². The molecule has 1 aliphatic carbocycles. The molecule has 1 aliphatic rings. The first-order valence-electron chi connectivity index (χ1n) is 15.4. The molecule has 4 aromatic rings. The van der Waals surface area contributed by atoms with Gasteiger partial charge in [0, 0.05) is 39.6 Å². The molecule has 0 aromatic heterocycles. The van der Waals surface area contributed by atoms with Crippen LogP contribution in [0.5, 0.6) is 0 Å². The van der Waals surface area contributed by atoms with Crippen molar-refractivity contribution in [1.82, 2.24) is 10.2 Å². The molecule has 0 saturated heterocycles. The zero-order chi connectivity index (χ0) is 33.6. The summed E-state index contributed by atoms with van der Waals surface area (Å²) in [5, 5.41) is 4.10. The maximum absolute atomic E-state index is 14.7. The molecule has 0 heterocycles. The van der Waals surface area contributed by atoms with Gasteiger partial charge in [0.15, 0.2) is 0 Å². The third-order valence-corrected chi connectivity index (χ3v) is 11.1. The van der Waals surface area contributed by atoms with Gasteiger partial charge in [-0.3, -0.25) is 13.9 Å². The van der Waals surface area contributed by atoms with Gasteiger partial charge in [-0.1, -0.05) is 108 Å². The fourth-order valence-electron chi connectivity index (χ4n) is 5.77. The van der Waals surface area contributed by atoms with Crippen molar-refractivity contribution in [1.29, 1.82) is 0 Å². The van der Waals surface area contributed by atoms with Gasteiger partial charge in [0.25, 0.3) is 10.0 Å². The van der Waals surface area contributed by atoms with Crippen molar-refractivity contribution in [2.24, 2.45) is 0 Å². The second kappa shape index (κ2) is 15.6. The van der Waals surface area contributed by atoms with Crippen LogP contribution in [0.15, 0.2) is 102 Å². The third-order valence-electron chi connectivity index (χ3n) is 8.35. The highest BCUT2D eigenvalue weighted by Crippen LogP contribution is 2.30. The Kier molecular flexibility index (Phi) is 11.5. The fourth-order valence-corrected chi connectivity index (χ4v) is 7.88. The van der Waals surface area contributed by atoms with Gasteiger partial charge in [-0.05, 0) is 67.8 Å². The molecule has 1 N–H and O–H groups in total. The van der Waals surface area contributed by atoms with E-state index in [-0.39, 0.29) is 35.5 Å². The molecule has 2 amide bonds. The van der Waals surface area contributed by atoms with Gasteiger partial charge in [0.1, 0.15) is 12.6 Å². The molecule has 4 aromatic carbocycles. The van der Waals surface area contributed by atoms with Crippen molar-refractivity contribution in [2.45, 2.75) is 62.6 Å². The lowest BCUT2D eigenvalue weighted by atomic mass is 10.0. The number of aryl methyl sites for hydroxylation is 1. The van der Waals surface area contributed by atoms with Gasteiger partial charge in [-0.15, -0.1) is 0 Å². The highest BCUT2D eigenvalue weighted by atomic mass is 35.5. The number of rotatable bonds is 12. The molecule has 246 valence electrons. The van der Waals surface area contributed by atoms with Crippen molar-refractivity contribution in [3.8, 4) is 0 Å². The molecule has 0 bridgehead atoms. The Bertz CT molecular complexity index is 1790. The Hall–Kier alpha value is -3.56. The summed E-state index contributed by atoms with van der Waals surface area (Å²) in [4.78, 5) is 30.2. The van der Waals surface area contributed by atoms with Crippen LogP contribution < -0.4 is 9.62 Å². The van der Waals surface area contributed by atoms with Gasteiger partial charge < -0.3 is 10.2 Å². The predicted octanol–water partition coefficient (Wildman–Crippen LogP) is 7.85. The highest BCUT2D eigenvalue weighted by Gasteiger charge is 2.36. The maximum atomic E-state index is 14.7. The van der Waals surface area contributed by atoms with Crippen LogP contribution >= 0.6 is 34.8 Å². The van der Waals surface area contributed by atoms with E-state index >= 15 is 0 Å². The molecular weight excluding hydrogens is 677 g/mol. The summed E-state index contributed by atoms with van der Waals surface area (Å²) < 4.78 is 29.4. The molecule has 7 nitrogen and oxygen atoms in total. The molecule has 0 spiro atoms. The number of carbonyl (C=O) groups excluding carboxylic acids is 2. The number of sulfonamides is 1. The third kappa shape index (κ3) is 8.68. The van der Waals surface area contributed by atoms with Gasteiger partial charge in [-0.25, -0.2) is 8.42 Å². The van der Waals surface area contributed by atoms with E-state index in [0.717, 1.165) is 41.1 Å². The van der Waals surface area contributed by atoms with Gasteiger partial charge in [-0.2, -0.15) is 0 Å². The number of benzene rings is 4. The minimum Gasteiger partial charge on any atom is -0.352 e. The molecular formula is C36H36Cl3N3O4S. The van der Waals surface area contributed by atoms with Crippen molar-refractivity contribution >= 4 is 62.3 Å². The van der Waals surface area contributed by atoms with Crippen molar-refractivity contribution < 1.29 is 18.0 Å². The number of nitrogens with one attached hydrogen (secondary N) is 1. The van der Waals surface area contributed by atoms with Crippen molar-refractivity contribution in [2.75, 3.05) is 10.8 Å². The number of carbonyl (C=O) groups is 2. The zero-order valence-electron chi connectivity index (χ0n) is 25.9. The minimum atomic E-state index is -4.25. The SMILES string of the molecule is Cc1ccc(S(=O)(=O)N(CC(=O)N(Cc2c(Cl)cccc2Cl)[C@H](Cc2ccccc2)C(=O)NC2CCCC2)c2cccc(Cl)c2)cc1. The summed E-state index contributed by atoms with van der Waals surface area (Å²) in [6, 6.07) is 26.1. The standard InChI is InChI=1S/C36H36Cl3N3O4S/c1-25-17-19-30(20-18-25)47(45,46)42(29-14-7-11-27(37)22-29)24-35(43)41(23-31-32(38)15-8-16-33(31)39)34(21-26-9-3-2-4-10-26)36(44)40-28-12-5-6-13-28/h2-4,7-11,14-20,22,28,34H,5-6,12-13,21,23-24H2,1H3,(H,40,44)/t34-/m1/s1. The molecule has 0 unspecified atom stereocenters. The quantitative estimate of drug-likeness (QED) is 0.162. The van der Waals surface area contributed by atoms with Gasteiger partial charge in [0.2, 0.25) is 11.8 Å². The summed E-state index contributed by atoms with van der Waals surface area (Å²) in [5.41, 5.74) is 2.37. The van der Waals surface area contributed by atoms with E-state index in [1.807, 2.05) is 37.3 Å². The summed E-state index contributed by atoms with van der Waals surface area (Å²) in [7, 11) is -4.25. The molecule has 5 rings (SSSR count). The molecule has 11 heteroatoms. The van der Waals surface area contributed by atoms with Crippen LogP contribution in [-0.4, -0.2) is 43.8 Å². The average molecular weight is 713 g/mol. The first-order valence-corrected chi connectivity index (χ1v) is 18.0. The van der Waals surface area contributed by atoms with Crippen LogP contribution in [0.4, 0.5) is 5.69 Å². The second-order valence-electron chi connectivity index (χ2n) is 11.7. The Morgan fingerprint density at radius 3 is 2.13 bits per heavy atom. The number of hydrogen-bond donors (Lipinski definition) is 1. The van der Waals surface area contributed by atoms with Crippen LogP contribution in [0.25, 0.3) is 0 Å². The Morgan fingerprint density at radius 2 is 1.49 bits per heavy atom. The van der Waals surface area contributed by atoms with Crippen LogP contribution in [0.1, 0.15) is 42.4 Å². The smallest absolute Gasteiger partial charge is 0.264 e. The molecule has 0 radical (unpaired) electrons. The molecule has 47 heavy (non-hydrogen) atoms. The number of hydrogen-bond acceptors (Lipinski definition) is 4. The zero-order valence-corrected chi connectivity index (χ0v) is 29.0. The predicted molar refractivity (Wildman–Crippen MR) is 189 cm³/mol. The van der Waals surface area contributed by atoms with Crippen molar-refractivity contribution in [3.05, 3.63) is 129 Å². The normalized spacial score (nSPS) is 14.0. The lowest BCUT2D eigenvalue weighted by Crippen LogP contribution is -2.54. The van der Waals surface area contributed by atoms with Crippen LogP contribution in [0, 0.1) is 6.92 Å². The van der Waals surface area contributed by atoms with Gasteiger partial charge >= 0.3 is 0 Å². The molecule has 1 atom stereocenters. The maximum Gasteiger partial charge on any atom is 0.264 e. The van der Waals surface area contributed by atoms with E-state index in [2.05, 4.69) is 5.32 Å². The van der Waals surface area contributed by atoms with E-state index in [9.17, 15) is 18.0 Å². The molecule has 1 fully saturated rings. The van der Waals surface area contributed by atoms with Gasteiger partial charge in [0.05, 0.1) is 10.6 Å². The highest BCUT2D eigenvalue weighted by molar-refractivity contribution is 7.92. The summed E-state index contributed by atoms with van der Waals surface area (Å²) in [6.45, 7) is 1.12. The second-order valence-corrected chi connectivity index (χ2v) is 14.8.